The summed E-state index contributed by atoms with van der Waals surface area (Å²) in [6, 6.07) is 15.3. The molecule has 1 amide bonds. The fourth-order valence-electron chi connectivity index (χ4n) is 3.53. The Bertz CT molecular complexity index is 1040. The first-order valence-corrected chi connectivity index (χ1v) is 10.3. The predicted octanol–water partition coefficient (Wildman–Crippen LogP) is 4.25. The number of carbonyl (C=O) groups excluding carboxylic acids is 1. The third-order valence-corrected chi connectivity index (χ3v) is 6.24. The molecule has 0 radical (unpaired) electrons. The Hall–Kier alpha value is -2.91. The van der Waals surface area contributed by atoms with E-state index in [0.29, 0.717) is 30.1 Å². The summed E-state index contributed by atoms with van der Waals surface area (Å²) >= 11 is 1.73. The fourth-order valence-corrected chi connectivity index (χ4v) is 4.58. The normalized spacial score (nSPS) is 14.5. The average Bonchev–Trinajstić information content (AvgIpc) is 3.17. The zero-order chi connectivity index (χ0) is 19.7. The van der Waals surface area contributed by atoms with Crippen LogP contribution in [-0.4, -0.2) is 42.0 Å². The maximum atomic E-state index is 12.7. The lowest BCUT2D eigenvalue weighted by Gasteiger charge is -2.34. The van der Waals surface area contributed by atoms with Crippen molar-refractivity contribution in [3.8, 4) is 6.07 Å². The predicted molar refractivity (Wildman–Crippen MR) is 113 cm³/mol. The quantitative estimate of drug-likeness (QED) is 0.671. The van der Waals surface area contributed by atoms with Crippen molar-refractivity contribution in [3.63, 3.8) is 0 Å². The van der Waals surface area contributed by atoms with Gasteiger partial charge in [0, 0.05) is 31.7 Å². The molecule has 0 aliphatic carbocycles. The van der Waals surface area contributed by atoms with Gasteiger partial charge in [-0.3, -0.25) is 4.79 Å². The zero-order valence-corrected chi connectivity index (χ0v) is 16.9. The zero-order valence-electron chi connectivity index (χ0n) is 16.1. The molecule has 2 aromatic carbocycles. The first-order valence-electron chi connectivity index (χ1n) is 9.50. The molecule has 28 heavy (non-hydrogen) atoms. The minimum Gasteiger partial charge on any atom is -0.345 e. The first kappa shape index (κ1) is 18.5. The minimum atomic E-state index is 0.0236. The number of aromatic nitrogens is 1. The molecular weight excluding hydrogens is 368 g/mol. The summed E-state index contributed by atoms with van der Waals surface area (Å²) < 4.78 is 1.22. The second-order valence-corrected chi connectivity index (χ2v) is 8.32. The van der Waals surface area contributed by atoms with E-state index in [2.05, 4.69) is 43.0 Å². The molecule has 1 aliphatic rings. The topological polar surface area (TPSA) is 60.2 Å². The summed E-state index contributed by atoms with van der Waals surface area (Å²) in [5, 5.41) is 9.93. The summed E-state index contributed by atoms with van der Waals surface area (Å²) in [7, 11) is 0. The number of thiazole rings is 1. The van der Waals surface area contributed by atoms with Crippen molar-refractivity contribution < 1.29 is 4.79 Å². The number of piperazine rings is 1. The van der Waals surface area contributed by atoms with Crippen molar-refractivity contribution in [1.29, 1.82) is 5.26 Å². The van der Waals surface area contributed by atoms with E-state index >= 15 is 0 Å². The van der Waals surface area contributed by atoms with Gasteiger partial charge in [-0.1, -0.05) is 37.3 Å². The number of amides is 1. The highest BCUT2D eigenvalue weighted by Crippen LogP contribution is 2.33. The van der Waals surface area contributed by atoms with Crippen molar-refractivity contribution in [2.45, 2.75) is 19.8 Å². The van der Waals surface area contributed by atoms with Gasteiger partial charge in [0.2, 0.25) is 0 Å². The highest BCUT2D eigenvalue weighted by Gasteiger charge is 2.24. The number of nitriles is 1. The number of hydrogen-bond acceptors (Lipinski definition) is 5. The summed E-state index contributed by atoms with van der Waals surface area (Å²) in [5.74, 6) is 0.469. The van der Waals surface area contributed by atoms with E-state index in [-0.39, 0.29) is 5.91 Å². The van der Waals surface area contributed by atoms with E-state index in [1.807, 2.05) is 4.90 Å². The number of benzene rings is 2. The lowest BCUT2D eigenvalue weighted by Crippen LogP contribution is -2.48. The van der Waals surface area contributed by atoms with Gasteiger partial charge >= 0.3 is 0 Å². The van der Waals surface area contributed by atoms with Gasteiger partial charge in [0.05, 0.1) is 21.8 Å². The summed E-state index contributed by atoms with van der Waals surface area (Å²) in [6.45, 7) is 7.29. The van der Waals surface area contributed by atoms with Gasteiger partial charge in [-0.15, -0.1) is 0 Å². The molecule has 4 rings (SSSR count). The van der Waals surface area contributed by atoms with E-state index in [0.717, 1.165) is 23.7 Å². The molecule has 142 valence electrons. The third kappa shape index (κ3) is 3.46. The van der Waals surface area contributed by atoms with Crippen LogP contribution in [0.25, 0.3) is 10.2 Å². The molecule has 0 spiro atoms. The van der Waals surface area contributed by atoms with Crippen LogP contribution in [0.4, 0.5) is 5.13 Å². The van der Waals surface area contributed by atoms with Gasteiger partial charge in [0.15, 0.2) is 5.13 Å². The number of rotatable bonds is 3. The summed E-state index contributed by atoms with van der Waals surface area (Å²) in [5.41, 5.74) is 3.59. The molecule has 1 fully saturated rings. The maximum Gasteiger partial charge on any atom is 0.253 e. The van der Waals surface area contributed by atoms with E-state index in [1.54, 1.807) is 35.6 Å². The van der Waals surface area contributed by atoms with Crippen molar-refractivity contribution in [3.05, 3.63) is 59.2 Å². The van der Waals surface area contributed by atoms with Crippen LogP contribution >= 0.6 is 11.3 Å². The Balaban J connectivity index is 1.46. The van der Waals surface area contributed by atoms with Crippen LogP contribution in [0.15, 0.2) is 42.5 Å². The SMILES string of the molecule is CC(C)c1cccc2sc(N3CCN(C(=O)c4ccc(C#N)cc4)CC3)nc12. The Morgan fingerprint density at radius 2 is 1.82 bits per heavy atom. The molecule has 0 atom stereocenters. The van der Waals surface area contributed by atoms with E-state index in [4.69, 9.17) is 10.2 Å². The monoisotopic (exact) mass is 390 g/mol. The molecule has 6 heteroatoms. The largest absolute Gasteiger partial charge is 0.345 e. The molecule has 1 saturated heterocycles. The number of para-hydroxylation sites is 1. The lowest BCUT2D eigenvalue weighted by atomic mass is 10.0. The Labute approximate surface area is 168 Å². The number of anilines is 1. The van der Waals surface area contributed by atoms with Crippen LogP contribution in [0.2, 0.25) is 0 Å². The molecule has 5 nitrogen and oxygen atoms in total. The Morgan fingerprint density at radius 1 is 1.11 bits per heavy atom. The van der Waals surface area contributed by atoms with Crippen molar-refractivity contribution in [1.82, 2.24) is 9.88 Å². The van der Waals surface area contributed by atoms with Gasteiger partial charge in [0.1, 0.15) is 0 Å². The number of hydrogen-bond donors (Lipinski definition) is 0. The summed E-state index contributed by atoms with van der Waals surface area (Å²) in [4.78, 5) is 21.8. The fraction of sp³-hybridized carbons (Fsp3) is 0.318. The highest BCUT2D eigenvalue weighted by atomic mass is 32.1. The minimum absolute atomic E-state index is 0.0236. The molecule has 0 unspecified atom stereocenters. The second kappa shape index (κ2) is 7.61. The second-order valence-electron chi connectivity index (χ2n) is 7.31. The van der Waals surface area contributed by atoms with E-state index < -0.39 is 0 Å². The van der Waals surface area contributed by atoms with Crippen LogP contribution in [0.3, 0.4) is 0 Å². The van der Waals surface area contributed by atoms with Gasteiger partial charge in [-0.25, -0.2) is 4.98 Å². The van der Waals surface area contributed by atoms with Crippen LogP contribution in [0, 0.1) is 11.3 Å². The van der Waals surface area contributed by atoms with Crippen LogP contribution in [0.1, 0.15) is 41.3 Å². The first-order chi connectivity index (χ1) is 13.6. The molecule has 1 aromatic heterocycles. The Kier molecular flexibility index (Phi) is 5.01. The lowest BCUT2D eigenvalue weighted by molar-refractivity contribution is 0.0747. The smallest absolute Gasteiger partial charge is 0.253 e. The molecule has 0 saturated carbocycles. The standard InChI is InChI=1S/C22H22N4OS/c1-15(2)18-4-3-5-19-20(18)24-22(28-19)26-12-10-25(11-13-26)21(27)17-8-6-16(14-23)7-9-17/h3-9,15H,10-13H2,1-2H3. The van der Waals surface area contributed by atoms with E-state index in [1.165, 1.54) is 10.3 Å². The van der Waals surface area contributed by atoms with Crippen LogP contribution in [0.5, 0.6) is 0 Å². The number of nitrogens with zero attached hydrogens (tertiary/aromatic N) is 4. The van der Waals surface area contributed by atoms with Crippen LogP contribution < -0.4 is 4.90 Å². The third-order valence-electron chi connectivity index (χ3n) is 5.16. The van der Waals surface area contributed by atoms with Crippen molar-refractivity contribution >= 4 is 32.6 Å². The van der Waals surface area contributed by atoms with Gasteiger partial charge < -0.3 is 9.80 Å². The van der Waals surface area contributed by atoms with Gasteiger partial charge in [0.25, 0.3) is 5.91 Å². The molecule has 1 aliphatic heterocycles. The number of fused-ring (bicyclic) bond motifs is 1. The van der Waals surface area contributed by atoms with Crippen LogP contribution in [-0.2, 0) is 0 Å². The van der Waals surface area contributed by atoms with Crippen molar-refractivity contribution in [2.75, 3.05) is 31.1 Å². The molecule has 0 bridgehead atoms. The van der Waals surface area contributed by atoms with Crippen molar-refractivity contribution in [2.24, 2.45) is 0 Å². The average molecular weight is 391 g/mol. The summed E-state index contributed by atoms with van der Waals surface area (Å²) in [6.07, 6.45) is 0. The molecule has 2 heterocycles. The molecular formula is C22H22N4OS. The van der Waals surface area contributed by atoms with Gasteiger partial charge in [-0.2, -0.15) is 5.26 Å². The Morgan fingerprint density at radius 3 is 2.46 bits per heavy atom. The van der Waals surface area contributed by atoms with Gasteiger partial charge in [-0.05, 0) is 41.8 Å². The number of carbonyl (C=O) groups is 1. The molecule has 3 aromatic rings. The highest BCUT2D eigenvalue weighted by molar-refractivity contribution is 7.22. The molecule has 0 N–H and O–H groups in total. The van der Waals surface area contributed by atoms with E-state index in [9.17, 15) is 4.79 Å². The maximum absolute atomic E-state index is 12.7.